The van der Waals surface area contributed by atoms with E-state index in [1.807, 2.05) is 12.1 Å². The monoisotopic (exact) mass is 485 g/mol. The molecule has 1 aliphatic heterocycles. The molecule has 0 unspecified atom stereocenters. The summed E-state index contributed by atoms with van der Waals surface area (Å²) in [6, 6.07) is 12.1. The van der Waals surface area contributed by atoms with Crippen molar-refractivity contribution in [1.29, 1.82) is 0 Å². The first-order valence-electron chi connectivity index (χ1n) is 10.2. The molecule has 10 heteroatoms. The van der Waals surface area contributed by atoms with E-state index >= 15 is 0 Å². The number of nitrogens with one attached hydrogen (secondary N) is 1. The van der Waals surface area contributed by atoms with Crippen LogP contribution in [0.5, 0.6) is 0 Å². The van der Waals surface area contributed by atoms with Crippen LogP contribution in [0.1, 0.15) is 27.0 Å². The van der Waals surface area contributed by atoms with Crippen molar-refractivity contribution in [3.63, 3.8) is 0 Å². The molecule has 1 fully saturated rings. The second-order valence-corrected chi connectivity index (χ2v) is 8.56. The maximum Gasteiger partial charge on any atom is 0.337 e. The minimum atomic E-state index is -2.88. The number of thiol groups is 1. The maximum absolute atomic E-state index is 14.4. The molecule has 1 aliphatic rings. The van der Waals surface area contributed by atoms with Crippen molar-refractivity contribution in [2.75, 3.05) is 39.8 Å². The highest BCUT2D eigenvalue weighted by Crippen LogP contribution is 2.15. The van der Waals surface area contributed by atoms with E-state index in [-0.39, 0.29) is 36.6 Å². The van der Waals surface area contributed by atoms with Crippen LogP contribution in [0, 0.1) is 5.82 Å². The van der Waals surface area contributed by atoms with Crippen LogP contribution in [0.3, 0.4) is 0 Å². The number of hydrogen-bond acceptors (Lipinski definition) is 6. The van der Waals surface area contributed by atoms with Crippen molar-refractivity contribution in [3.05, 3.63) is 70.5 Å². The third-order valence-corrected chi connectivity index (χ3v) is 6.13. The fraction of sp³-hybridized carbons (Fsp3) is 0.409. The number of piperazine rings is 1. The molecule has 32 heavy (non-hydrogen) atoms. The molecule has 3 rings (SSSR count). The molecular formula is C22H29ClFN3O4S. The smallest absolute Gasteiger partial charge is 0.337 e. The summed E-state index contributed by atoms with van der Waals surface area (Å²) in [7, 11) is -1.66. The van der Waals surface area contributed by atoms with Crippen molar-refractivity contribution in [2.24, 2.45) is 0 Å². The van der Waals surface area contributed by atoms with Crippen LogP contribution < -0.4 is 5.32 Å². The first-order chi connectivity index (χ1) is 15.0. The van der Waals surface area contributed by atoms with Gasteiger partial charge in [-0.1, -0.05) is 30.3 Å². The molecule has 1 N–H and O–H groups in total. The number of carbonyl (C=O) groups is 1. The third-order valence-electron chi connectivity index (χ3n) is 5.32. The zero-order chi connectivity index (χ0) is 22.2. The van der Waals surface area contributed by atoms with Crippen LogP contribution in [-0.4, -0.2) is 63.4 Å². The van der Waals surface area contributed by atoms with E-state index in [0.29, 0.717) is 6.42 Å². The molecule has 2 aromatic rings. The molecule has 0 bridgehead atoms. The fourth-order valence-electron chi connectivity index (χ4n) is 3.60. The summed E-state index contributed by atoms with van der Waals surface area (Å²) >= 11 is 0. The normalized spacial score (nSPS) is 14.4. The van der Waals surface area contributed by atoms with E-state index in [4.69, 9.17) is 0 Å². The average molecular weight is 486 g/mol. The van der Waals surface area contributed by atoms with Crippen LogP contribution in [0.15, 0.2) is 42.5 Å². The molecule has 7 nitrogen and oxygen atoms in total. The highest BCUT2D eigenvalue weighted by Gasteiger charge is 2.15. The van der Waals surface area contributed by atoms with Crippen molar-refractivity contribution in [2.45, 2.75) is 19.5 Å². The number of nitrogens with zero attached hydrogens (tertiary/aromatic N) is 2. The second kappa shape index (κ2) is 12.9. The Balaban J connectivity index is 0.00000363. The number of benzene rings is 2. The highest BCUT2D eigenvalue weighted by molar-refractivity contribution is 7.69. The van der Waals surface area contributed by atoms with Gasteiger partial charge in [0.1, 0.15) is 5.82 Å². The molecule has 1 saturated heterocycles. The van der Waals surface area contributed by atoms with Gasteiger partial charge in [-0.15, -0.1) is 12.4 Å². The van der Waals surface area contributed by atoms with Gasteiger partial charge in [-0.3, -0.25) is 4.90 Å². The van der Waals surface area contributed by atoms with Gasteiger partial charge in [0.25, 0.3) is 0 Å². The predicted octanol–water partition coefficient (Wildman–Crippen LogP) is 2.01. The number of carbonyl (C=O) groups excluding carboxylic acids is 1. The summed E-state index contributed by atoms with van der Waals surface area (Å²) in [5, 5.41) is 3.34. The van der Waals surface area contributed by atoms with Gasteiger partial charge in [-0.25, -0.2) is 17.6 Å². The Hall–Kier alpha value is -2.04. The van der Waals surface area contributed by atoms with Gasteiger partial charge in [0.2, 0.25) is 10.9 Å². The molecule has 1 heterocycles. The molecule has 0 aliphatic carbocycles. The Kier molecular flexibility index (Phi) is 10.5. The Morgan fingerprint density at radius 3 is 2.53 bits per heavy atom. The predicted molar refractivity (Wildman–Crippen MR) is 124 cm³/mol. The number of halogens is 2. The van der Waals surface area contributed by atoms with Crippen LogP contribution in [0.4, 0.5) is 4.39 Å². The molecule has 0 aromatic heterocycles. The average Bonchev–Trinajstić information content (AvgIpc) is 2.77. The molecule has 176 valence electrons. The van der Waals surface area contributed by atoms with Crippen molar-refractivity contribution in [1.82, 2.24) is 14.5 Å². The van der Waals surface area contributed by atoms with Crippen LogP contribution in [0.25, 0.3) is 0 Å². The van der Waals surface area contributed by atoms with Crippen molar-refractivity contribution in [3.8, 4) is 0 Å². The van der Waals surface area contributed by atoms with Crippen molar-refractivity contribution >= 4 is 29.3 Å². The van der Waals surface area contributed by atoms with Gasteiger partial charge in [0.05, 0.1) is 12.7 Å². The molecule has 0 atom stereocenters. The Bertz CT molecular complexity index is 975. The minimum Gasteiger partial charge on any atom is -0.465 e. The van der Waals surface area contributed by atoms with E-state index in [2.05, 4.69) is 27.1 Å². The zero-order valence-corrected chi connectivity index (χ0v) is 19.7. The first kappa shape index (κ1) is 26.2. The maximum atomic E-state index is 14.4. The zero-order valence-electron chi connectivity index (χ0n) is 18.0. The SMILES string of the molecule is COC(=O)c1ccc(CN(CCc2cccc(CN3CCNCC3)c2)[SH](=O)=O)c(F)c1.Cl. The number of hydrogen-bond donors (Lipinski definition) is 2. The Labute approximate surface area is 196 Å². The van der Waals surface area contributed by atoms with E-state index < -0.39 is 22.7 Å². The molecule has 0 radical (unpaired) electrons. The summed E-state index contributed by atoms with van der Waals surface area (Å²) < 4.78 is 43.6. The van der Waals surface area contributed by atoms with Crippen LogP contribution in [-0.2, 0) is 35.1 Å². The number of methoxy groups -OCH3 is 1. The number of rotatable bonds is 9. The summed E-state index contributed by atoms with van der Waals surface area (Å²) in [5.41, 5.74) is 2.53. The largest absolute Gasteiger partial charge is 0.465 e. The highest BCUT2D eigenvalue weighted by atomic mass is 35.5. The number of esters is 1. The van der Waals surface area contributed by atoms with Gasteiger partial charge in [-0.2, -0.15) is 4.31 Å². The molecular weight excluding hydrogens is 457 g/mol. The third kappa shape index (κ3) is 7.53. The van der Waals surface area contributed by atoms with Gasteiger partial charge < -0.3 is 10.1 Å². The van der Waals surface area contributed by atoms with Gasteiger partial charge in [0.15, 0.2) is 0 Å². The molecule has 2 aromatic carbocycles. The Morgan fingerprint density at radius 2 is 1.88 bits per heavy atom. The lowest BCUT2D eigenvalue weighted by atomic mass is 10.1. The van der Waals surface area contributed by atoms with E-state index in [9.17, 15) is 17.6 Å². The fourth-order valence-corrected chi connectivity index (χ4v) is 4.14. The topological polar surface area (TPSA) is 79.0 Å². The van der Waals surface area contributed by atoms with Crippen LogP contribution >= 0.6 is 12.4 Å². The standard InChI is InChI=1S/C22H28FN3O4S.ClH/c1-30-22(27)19-5-6-20(21(23)14-19)16-26(31(28)29)10-7-17-3-2-4-18(13-17)15-25-11-8-24-9-12-25;/h2-6,13-14,24,31H,7-12,15-16H2,1H3;1H. The van der Waals surface area contributed by atoms with Gasteiger partial charge in [0, 0.05) is 51.4 Å². The lowest BCUT2D eigenvalue weighted by Gasteiger charge is -2.27. The summed E-state index contributed by atoms with van der Waals surface area (Å²) in [6.45, 7) is 5.02. The number of ether oxygens (including phenoxy) is 1. The molecule has 0 spiro atoms. The molecule has 0 amide bonds. The minimum absolute atomic E-state index is 0. The van der Waals surface area contributed by atoms with Gasteiger partial charge >= 0.3 is 5.97 Å². The lowest BCUT2D eigenvalue weighted by Crippen LogP contribution is -2.42. The lowest BCUT2D eigenvalue weighted by molar-refractivity contribution is 0.0600. The van der Waals surface area contributed by atoms with Crippen LogP contribution in [0.2, 0.25) is 0 Å². The molecule has 0 saturated carbocycles. The Morgan fingerprint density at radius 1 is 1.16 bits per heavy atom. The van der Waals surface area contributed by atoms with E-state index in [1.165, 1.54) is 29.1 Å². The van der Waals surface area contributed by atoms with E-state index in [0.717, 1.165) is 44.4 Å². The van der Waals surface area contributed by atoms with Gasteiger partial charge in [-0.05, 0) is 29.7 Å². The van der Waals surface area contributed by atoms with E-state index in [1.54, 1.807) is 0 Å². The quantitative estimate of drug-likeness (QED) is 0.418. The van der Waals surface area contributed by atoms with Crippen molar-refractivity contribution < 1.29 is 22.3 Å². The summed E-state index contributed by atoms with van der Waals surface area (Å²) in [6.07, 6.45) is 0.528. The summed E-state index contributed by atoms with van der Waals surface area (Å²) in [5.74, 6) is -1.28. The first-order valence-corrected chi connectivity index (χ1v) is 11.4. The second-order valence-electron chi connectivity index (χ2n) is 7.52. The summed E-state index contributed by atoms with van der Waals surface area (Å²) in [4.78, 5) is 13.9.